The molecule has 1 aromatic carbocycles. The lowest BCUT2D eigenvalue weighted by molar-refractivity contribution is -0.128. The third kappa shape index (κ3) is 3.47. The highest BCUT2D eigenvalue weighted by molar-refractivity contribution is 5.77. The maximum Gasteiger partial charge on any atom is 0.236 e. The van der Waals surface area contributed by atoms with E-state index >= 15 is 0 Å². The summed E-state index contributed by atoms with van der Waals surface area (Å²) >= 11 is 0. The normalized spacial score (nSPS) is 13.8. The standard InChI is InChI=1S/C15H22N2O2/c1-17(15(18)11-16)9-10-19-14-8-4-6-12-5-2-3-7-13(12)14/h4,6,8H,2-3,5,7,9-11,16H2,1H3. The lowest BCUT2D eigenvalue weighted by atomic mass is 9.91. The van der Waals surface area contributed by atoms with Crippen LogP contribution in [0.15, 0.2) is 18.2 Å². The molecule has 1 amide bonds. The minimum Gasteiger partial charge on any atom is -0.491 e. The lowest BCUT2D eigenvalue weighted by Gasteiger charge is -2.21. The number of likely N-dealkylation sites (N-methyl/N-ethyl adjacent to an activating group) is 1. The van der Waals surface area contributed by atoms with Crippen LogP contribution in [0.5, 0.6) is 5.75 Å². The Kier molecular flexibility index (Phi) is 4.80. The number of aryl methyl sites for hydroxylation is 1. The second-order valence-corrected chi connectivity index (χ2v) is 4.97. The van der Waals surface area contributed by atoms with Gasteiger partial charge in [-0.3, -0.25) is 4.79 Å². The fourth-order valence-electron chi connectivity index (χ4n) is 2.45. The van der Waals surface area contributed by atoms with E-state index in [0.29, 0.717) is 13.2 Å². The monoisotopic (exact) mass is 262 g/mol. The first-order valence-electron chi connectivity index (χ1n) is 6.90. The zero-order valence-corrected chi connectivity index (χ0v) is 11.5. The molecule has 0 spiro atoms. The third-order valence-corrected chi connectivity index (χ3v) is 3.64. The Morgan fingerprint density at radius 3 is 2.95 bits per heavy atom. The number of carbonyl (C=O) groups excluding carboxylic acids is 1. The molecule has 2 rings (SSSR count). The van der Waals surface area contributed by atoms with Crippen molar-refractivity contribution in [1.82, 2.24) is 4.90 Å². The van der Waals surface area contributed by atoms with Crippen LogP contribution < -0.4 is 10.5 Å². The molecule has 0 aliphatic heterocycles. The van der Waals surface area contributed by atoms with Gasteiger partial charge in [0.25, 0.3) is 0 Å². The van der Waals surface area contributed by atoms with Crippen molar-refractivity contribution in [3.05, 3.63) is 29.3 Å². The number of rotatable bonds is 5. The predicted molar refractivity (Wildman–Crippen MR) is 75.3 cm³/mol. The van der Waals surface area contributed by atoms with E-state index in [0.717, 1.165) is 18.6 Å². The second-order valence-electron chi connectivity index (χ2n) is 4.97. The van der Waals surface area contributed by atoms with Crippen LogP contribution in [0, 0.1) is 0 Å². The summed E-state index contributed by atoms with van der Waals surface area (Å²) in [5.74, 6) is 0.921. The molecule has 0 saturated carbocycles. The highest BCUT2D eigenvalue weighted by Crippen LogP contribution is 2.29. The molecule has 0 saturated heterocycles. The van der Waals surface area contributed by atoms with E-state index in [9.17, 15) is 4.79 Å². The molecule has 1 aliphatic rings. The molecule has 0 aromatic heterocycles. The maximum atomic E-state index is 11.3. The summed E-state index contributed by atoms with van der Waals surface area (Å²) in [6.07, 6.45) is 4.75. The lowest BCUT2D eigenvalue weighted by Crippen LogP contribution is -2.35. The summed E-state index contributed by atoms with van der Waals surface area (Å²) in [6.45, 7) is 1.13. The highest BCUT2D eigenvalue weighted by Gasteiger charge is 2.14. The topological polar surface area (TPSA) is 55.6 Å². The van der Waals surface area contributed by atoms with Crippen LogP contribution in [-0.2, 0) is 17.6 Å². The maximum absolute atomic E-state index is 11.3. The number of hydrogen-bond acceptors (Lipinski definition) is 3. The van der Waals surface area contributed by atoms with Crippen LogP contribution in [0.4, 0.5) is 0 Å². The van der Waals surface area contributed by atoms with E-state index in [2.05, 4.69) is 6.07 Å². The van der Waals surface area contributed by atoms with Gasteiger partial charge in [0, 0.05) is 7.05 Å². The van der Waals surface area contributed by atoms with Gasteiger partial charge in [-0.15, -0.1) is 0 Å². The van der Waals surface area contributed by atoms with Crippen molar-refractivity contribution in [1.29, 1.82) is 0 Å². The van der Waals surface area contributed by atoms with Gasteiger partial charge in [0.05, 0.1) is 13.1 Å². The Morgan fingerprint density at radius 2 is 2.16 bits per heavy atom. The minimum absolute atomic E-state index is 0.0528. The molecule has 0 bridgehead atoms. The van der Waals surface area contributed by atoms with Crippen LogP contribution in [0.2, 0.25) is 0 Å². The molecule has 4 heteroatoms. The van der Waals surface area contributed by atoms with Crippen LogP contribution >= 0.6 is 0 Å². The Labute approximate surface area is 114 Å². The van der Waals surface area contributed by atoms with Gasteiger partial charge < -0.3 is 15.4 Å². The SMILES string of the molecule is CN(CCOc1cccc2c1CCCC2)C(=O)CN. The number of nitrogens with zero attached hydrogens (tertiary/aromatic N) is 1. The Morgan fingerprint density at radius 1 is 1.37 bits per heavy atom. The summed E-state index contributed by atoms with van der Waals surface area (Å²) in [7, 11) is 1.75. The Balaban J connectivity index is 1.91. The molecule has 2 N–H and O–H groups in total. The van der Waals surface area contributed by atoms with E-state index in [1.54, 1.807) is 11.9 Å². The van der Waals surface area contributed by atoms with Crippen LogP contribution in [0.1, 0.15) is 24.0 Å². The Bertz CT molecular complexity index is 446. The second kappa shape index (κ2) is 6.57. The average Bonchev–Trinajstić information content (AvgIpc) is 2.46. The van der Waals surface area contributed by atoms with Crippen molar-refractivity contribution in [2.24, 2.45) is 5.73 Å². The van der Waals surface area contributed by atoms with Crippen LogP contribution in [0.3, 0.4) is 0 Å². The van der Waals surface area contributed by atoms with E-state index in [-0.39, 0.29) is 12.5 Å². The van der Waals surface area contributed by atoms with Gasteiger partial charge in [-0.1, -0.05) is 12.1 Å². The number of ether oxygens (including phenoxy) is 1. The van der Waals surface area contributed by atoms with Crippen molar-refractivity contribution in [3.8, 4) is 5.75 Å². The van der Waals surface area contributed by atoms with Crippen molar-refractivity contribution in [2.75, 3.05) is 26.7 Å². The zero-order chi connectivity index (χ0) is 13.7. The highest BCUT2D eigenvalue weighted by atomic mass is 16.5. The number of fused-ring (bicyclic) bond motifs is 1. The quantitative estimate of drug-likeness (QED) is 0.871. The van der Waals surface area contributed by atoms with Gasteiger partial charge in [0.15, 0.2) is 0 Å². The summed E-state index contributed by atoms with van der Waals surface area (Å²) in [5, 5.41) is 0. The molecule has 0 atom stereocenters. The van der Waals surface area contributed by atoms with Crippen LogP contribution in [-0.4, -0.2) is 37.6 Å². The Hall–Kier alpha value is -1.55. The minimum atomic E-state index is -0.0568. The molecule has 1 aliphatic carbocycles. The summed E-state index contributed by atoms with van der Waals surface area (Å²) in [4.78, 5) is 12.9. The van der Waals surface area contributed by atoms with E-state index in [1.165, 1.54) is 24.0 Å². The van der Waals surface area contributed by atoms with Crippen molar-refractivity contribution in [3.63, 3.8) is 0 Å². The first-order chi connectivity index (χ1) is 9.22. The number of benzene rings is 1. The van der Waals surface area contributed by atoms with Gasteiger partial charge in [-0.05, 0) is 42.9 Å². The average molecular weight is 262 g/mol. The molecule has 19 heavy (non-hydrogen) atoms. The van der Waals surface area contributed by atoms with Gasteiger partial charge in [-0.25, -0.2) is 0 Å². The number of nitrogens with two attached hydrogens (primary N) is 1. The van der Waals surface area contributed by atoms with Crippen LogP contribution in [0.25, 0.3) is 0 Å². The van der Waals surface area contributed by atoms with Crippen molar-refractivity contribution >= 4 is 5.91 Å². The first kappa shape index (κ1) is 13.9. The fraction of sp³-hybridized carbons (Fsp3) is 0.533. The number of amides is 1. The summed E-state index contributed by atoms with van der Waals surface area (Å²) in [6, 6.07) is 6.26. The molecule has 0 radical (unpaired) electrons. The first-order valence-corrected chi connectivity index (χ1v) is 6.90. The largest absolute Gasteiger partial charge is 0.491 e. The summed E-state index contributed by atoms with van der Waals surface area (Å²) < 4.78 is 5.84. The van der Waals surface area contributed by atoms with Crippen molar-refractivity contribution < 1.29 is 9.53 Å². The predicted octanol–water partition coefficient (Wildman–Crippen LogP) is 1.36. The molecule has 104 valence electrons. The third-order valence-electron chi connectivity index (χ3n) is 3.64. The van der Waals surface area contributed by atoms with Crippen molar-refractivity contribution in [2.45, 2.75) is 25.7 Å². The number of hydrogen-bond donors (Lipinski definition) is 1. The van der Waals surface area contributed by atoms with E-state index in [1.807, 2.05) is 12.1 Å². The molecule has 0 fully saturated rings. The molecular weight excluding hydrogens is 240 g/mol. The summed E-state index contributed by atoms with van der Waals surface area (Å²) in [5.41, 5.74) is 8.08. The molecule has 0 heterocycles. The zero-order valence-electron chi connectivity index (χ0n) is 11.5. The molecule has 4 nitrogen and oxygen atoms in total. The van der Waals surface area contributed by atoms with E-state index < -0.39 is 0 Å². The fourth-order valence-corrected chi connectivity index (χ4v) is 2.45. The molecule has 1 aromatic rings. The smallest absolute Gasteiger partial charge is 0.236 e. The van der Waals surface area contributed by atoms with Gasteiger partial charge in [-0.2, -0.15) is 0 Å². The molecule has 0 unspecified atom stereocenters. The number of carbonyl (C=O) groups is 1. The van der Waals surface area contributed by atoms with E-state index in [4.69, 9.17) is 10.5 Å². The molecular formula is C15H22N2O2. The van der Waals surface area contributed by atoms with Gasteiger partial charge in [0.1, 0.15) is 12.4 Å². The van der Waals surface area contributed by atoms with Gasteiger partial charge in [0.2, 0.25) is 5.91 Å². The van der Waals surface area contributed by atoms with Gasteiger partial charge >= 0.3 is 0 Å².